The summed E-state index contributed by atoms with van der Waals surface area (Å²) in [5.74, 6) is 2.14. The van der Waals surface area contributed by atoms with Gasteiger partial charge in [0.1, 0.15) is 24.2 Å². The molecule has 4 N–H and O–H groups in total. The molecule has 9 rings (SSSR count). The van der Waals surface area contributed by atoms with Gasteiger partial charge in [0.25, 0.3) is 0 Å². The fourth-order valence-corrected chi connectivity index (χ4v) is 7.92. The van der Waals surface area contributed by atoms with E-state index in [2.05, 4.69) is 95.9 Å². The van der Waals surface area contributed by atoms with Crippen LogP contribution in [0.5, 0.6) is 0 Å². The van der Waals surface area contributed by atoms with Crippen LogP contribution in [0.3, 0.4) is 0 Å². The standard InChI is InChI=1S/C28H34N6.C11H13NO2.C8H8O.C5H11N/c1-29-16-4-3-7-27-30-18-24(32-27)22-12-8-20(9-13-22)21-10-14-23(15-11-21)25-19-31-28(33-25)26-6-5-17-34(26)2;13-9-10-1-3-11(4-2-10)12-5-7-14-8-6-12;9-7-6-8-4-2-1-3-5-8;1-2-4-6-5-3-1/h8-15,18-19,26,29H,3-7,16-17H2,1-2H3,(H,30,32)(H,31,33);1-4,9H,5-8H2;1-5,7H,6H2;6H,1-5H2. The van der Waals surface area contributed by atoms with Crippen molar-refractivity contribution in [3.8, 4) is 33.6 Å². The van der Waals surface area contributed by atoms with E-state index in [4.69, 9.17) is 4.74 Å². The van der Waals surface area contributed by atoms with Crippen LogP contribution in [-0.2, 0) is 22.4 Å². The number of carbonyl (C=O) groups excluding carboxylic acids is 2. The van der Waals surface area contributed by atoms with Crippen molar-refractivity contribution in [2.45, 2.75) is 63.8 Å². The van der Waals surface area contributed by atoms with E-state index < -0.39 is 0 Å². The average molecular weight is 851 g/mol. The number of nitrogens with one attached hydrogen (secondary N) is 4. The molecule has 1 unspecified atom stereocenters. The highest BCUT2D eigenvalue weighted by Crippen LogP contribution is 2.31. The monoisotopic (exact) mass is 851 g/mol. The van der Waals surface area contributed by atoms with Crippen molar-refractivity contribution < 1.29 is 14.3 Å². The summed E-state index contributed by atoms with van der Waals surface area (Å²) < 4.78 is 5.27. The number of rotatable bonds is 13. The van der Waals surface area contributed by atoms with Crippen molar-refractivity contribution in [1.29, 1.82) is 0 Å². The molecule has 6 aromatic rings. The molecule has 3 aliphatic rings. The molecule has 11 nitrogen and oxygen atoms in total. The number of unbranched alkanes of at least 4 members (excludes halogenated alkanes) is 1. The highest BCUT2D eigenvalue weighted by Gasteiger charge is 2.25. The number of anilines is 1. The third kappa shape index (κ3) is 15.0. The van der Waals surface area contributed by atoms with E-state index in [9.17, 15) is 9.59 Å². The van der Waals surface area contributed by atoms with Crippen LogP contribution in [0.4, 0.5) is 5.69 Å². The first-order valence-electron chi connectivity index (χ1n) is 22.8. The molecule has 3 aliphatic heterocycles. The molecule has 0 amide bonds. The van der Waals surface area contributed by atoms with E-state index in [1.54, 1.807) is 0 Å². The van der Waals surface area contributed by atoms with Crippen molar-refractivity contribution in [3.63, 3.8) is 0 Å². The number of benzene rings is 4. The van der Waals surface area contributed by atoms with E-state index in [0.29, 0.717) is 12.5 Å². The number of aryl methyl sites for hydroxylation is 1. The number of aromatic nitrogens is 4. The van der Waals surface area contributed by atoms with Crippen LogP contribution in [0, 0.1) is 0 Å². The quantitative estimate of drug-likeness (QED) is 0.0665. The molecule has 1 atom stereocenters. The summed E-state index contributed by atoms with van der Waals surface area (Å²) in [5, 5.41) is 6.48. The molecule has 2 aromatic heterocycles. The summed E-state index contributed by atoms with van der Waals surface area (Å²) in [6.45, 7) is 8.13. The van der Waals surface area contributed by atoms with Gasteiger partial charge in [0.05, 0.1) is 43.0 Å². The van der Waals surface area contributed by atoms with Crippen molar-refractivity contribution in [2.75, 3.05) is 71.5 Å². The molecular weight excluding hydrogens is 785 g/mol. The average Bonchev–Trinajstić information content (AvgIpc) is 4.15. The van der Waals surface area contributed by atoms with Crippen molar-refractivity contribution >= 4 is 18.3 Å². The van der Waals surface area contributed by atoms with Gasteiger partial charge in [0.15, 0.2) is 0 Å². The second kappa shape index (κ2) is 26.0. The Balaban J connectivity index is 0.000000183. The van der Waals surface area contributed by atoms with E-state index in [0.717, 1.165) is 105 Å². The Bertz CT molecular complexity index is 2160. The van der Waals surface area contributed by atoms with Gasteiger partial charge < -0.3 is 35.0 Å². The minimum atomic E-state index is 0.413. The van der Waals surface area contributed by atoms with Crippen LogP contribution in [0.15, 0.2) is 116 Å². The summed E-state index contributed by atoms with van der Waals surface area (Å²) in [5.41, 5.74) is 9.87. The fraction of sp³-hybridized carbons (Fsp3) is 0.385. The lowest BCUT2D eigenvalue weighted by Crippen LogP contribution is -2.36. The van der Waals surface area contributed by atoms with Gasteiger partial charge in [0.2, 0.25) is 0 Å². The van der Waals surface area contributed by atoms with E-state index in [-0.39, 0.29) is 0 Å². The maximum absolute atomic E-state index is 10.5. The van der Waals surface area contributed by atoms with E-state index in [1.165, 1.54) is 74.0 Å². The number of imidazole rings is 2. The molecule has 63 heavy (non-hydrogen) atoms. The Morgan fingerprint density at radius 2 is 1.35 bits per heavy atom. The topological polar surface area (TPSA) is 131 Å². The highest BCUT2D eigenvalue weighted by atomic mass is 16.5. The third-order valence-corrected chi connectivity index (χ3v) is 11.6. The van der Waals surface area contributed by atoms with Gasteiger partial charge in [-0.2, -0.15) is 0 Å². The first kappa shape index (κ1) is 46.8. The highest BCUT2D eigenvalue weighted by molar-refractivity contribution is 5.76. The Kier molecular flexibility index (Phi) is 19.3. The number of piperidine rings is 1. The van der Waals surface area contributed by atoms with Crippen LogP contribution in [0.2, 0.25) is 0 Å². The zero-order chi connectivity index (χ0) is 43.9. The number of aromatic amines is 2. The van der Waals surface area contributed by atoms with E-state index >= 15 is 0 Å². The van der Waals surface area contributed by atoms with Gasteiger partial charge in [-0.15, -0.1) is 0 Å². The molecule has 4 aromatic carbocycles. The third-order valence-electron chi connectivity index (χ3n) is 11.6. The maximum Gasteiger partial charge on any atom is 0.150 e. The van der Waals surface area contributed by atoms with Gasteiger partial charge in [-0.05, 0) is 131 Å². The first-order chi connectivity index (χ1) is 31.0. The second-order valence-electron chi connectivity index (χ2n) is 16.3. The predicted octanol–water partition coefficient (Wildman–Crippen LogP) is 8.97. The molecule has 0 spiro atoms. The predicted molar refractivity (Wildman–Crippen MR) is 256 cm³/mol. The second-order valence-corrected chi connectivity index (χ2v) is 16.3. The fourth-order valence-electron chi connectivity index (χ4n) is 7.92. The lowest BCUT2D eigenvalue weighted by atomic mass is 10.0. The largest absolute Gasteiger partial charge is 0.378 e. The zero-order valence-corrected chi connectivity index (χ0v) is 37.2. The zero-order valence-electron chi connectivity index (χ0n) is 37.2. The lowest BCUT2D eigenvalue weighted by molar-refractivity contribution is -0.107. The van der Waals surface area contributed by atoms with Gasteiger partial charge in [-0.1, -0.05) is 85.3 Å². The molecule has 3 saturated heterocycles. The summed E-state index contributed by atoms with van der Waals surface area (Å²) in [6.07, 6.45) is 16.1. The molecule has 0 radical (unpaired) electrons. The number of hydrogen-bond donors (Lipinski definition) is 4. The molecular formula is C52H66N8O3. The Morgan fingerprint density at radius 1 is 0.714 bits per heavy atom. The van der Waals surface area contributed by atoms with Gasteiger partial charge in [-0.25, -0.2) is 9.97 Å². The van der Waals surface area contributed by atoms with Gasteiger partial charge in [0, 0.05) is 37.2 Å². The van der Waals surface area contributed by atoms with Crippen molar-refractivity contribution in [2.24, 2.45) is 0 Å². The maximum atomic E-state index is 10.5. The number of carbonyl (C=O) groups is 2. The van der Waals surface area contributed by atoms with Crippen LogP contribution in [0.25, 0.3) is 33.6 Å². The number of aldehydes is 2. The summed E-state index contributed by atoms with van der Waals surface area (Å²) in [7, 11) is 4.17. The number of likely N-dealkylation sites (tertiary alicyclic amines) is 1. The molecule has 0 saturated carbocycles. The smallest absolute Gasteiger partial charge is 0.150 e. The number of morpholine rings is 1. The van der Waals surface area contributed by atoms with Gasteiger partial charge in [-0.3, -0.25) is 9.69 Å². The first-order valence-corrected chi connectivity index (χ1v) is 22.8. The molecule has 3 fully saturated rings. The summed E-state index contributed by atoms with van der Waals surface area (Å²) in [4.78, 5) is 41.3. The van der Waals surface area contributed by atoms with Crippen LogP contribution < -0.4 is 15.5 Å². The van der Waals surface area contributed by atoms with E-state index in [1.807, 2.05) is 74.0 Å². The number of ether oxygens (including phenoxy) is 1. The summed E-state index contributed by atoms with van der Waals surface area (Å²) in [6, 6.07) is 35.2. The van der Waals surface area contributed by atoms with Crippen LogP contribution >= 0.6 is 0 Å². The van der Waals surface area contributed by atoms with Crippen LogP contribution in [0.1, 0.15) is 78.6 Å². The number of hydrogen-bond acceptors (Lipinski definition) is 9. The molecule has 332 valence electrons. The Hall–Kier alpha value is -5.72. The Morgan fingerprint density at radius 3 is 1.90 bits per heavy atom. The number of nitrogens with zero attached hydrogens (tertiary/aromatic N) is 4. The molecule has 5 heterocycles. The van der Waals surface area contributed by atoms with Crippen molar-refractivity contribution in [1.82, 2.24) is 35.5 Å². The molecule has 0 aliphatic carbocycles. The SMILES string of the molecule is C1CCNCC1.CNCCCCc1ncc(-c2ccc(-c3ccc(-c4cnc(C5CCCN5C)[nH]4)cc3)cc2)[nH]1.O=CCc1ccccc1.O=Cc1ccc(N2CCOCC2)cc1. The lowest BCUT2D eigenvalue weighted by Gasteiger charge is -2.28. The Labute approximate surface area is 374 Å². The number of H-pyrrole nitrogens is 2. The normalized spacial score (nSPS) is 16.1. The summed E-state index contributed by atoms with van der Waals surface area (Å²) >= 11 is 0. The van der Waals surface area contributed by atoms with Crippen LogP contribution in [-0.4, -0.2) is 104 Å². The van der Waals surface area contributed by atoms with Gasteiger partial charge >= 0.3 is 0 Å². The minimum absolute atomic E-state index is 0.413. The van der Waals surface area contributed by atoms with Crippen molar-refractivity contribution in [3.05, 3.63) is 138 Å². The molecule has 11 heteroatoms. The molecule has 0 bridgehead atoms. The minimum Gasteiger partial charge on any atom is -0.378 e.